The highest BCUT2D eigenvalue weighted by Gasteiger charge is 2.13. The van der Waals surface area contributed by atoms with E-state index in [1.807, 2.05) is 13.1 Å². The molecule has 2 aromatic rings. The number of nitrogens with one attached hydrogen (secondary N) is 1. The lowest BCUT2D eigenvalue weighted by Crippen LogP contribution is -2.19. The molecule has 1 aromatic carbocycles. The monoisotopic (exact) mass is 338 g/mol. The summed E-state index contributed by atoms with van der Waals surface area (Å²) in [5, 5.41) is 4.07. The van der Waals surface area contributed by atoms with Crippen molar-refractivity contribution in [2.24, 2.45) is 0 Å². The van der Waals surface area contributed by atoms with E-state index in [9.17, 15) is 0 Å². The molecular weight excluding hydrogens is 324 g/mol. The molecule has 100 valence electrons. The first kappa shape index (κ1) is 14.5. The van der Waals surface area contributed by atoms with Crippen molar-refractivity contribution in [2.75, 3.05) is 7.05 Å². The van der Waals surface area contributed by atoms with Crippen molar-refractivity contribution in [3.8, 4) is 0 Å². The second-order valence-corrected chi connectivity index (χ2v) is 5.90. The fraction of sp³-hybridized carbons (Fsp3) is 0.267. The van der Waals surface area contributed by atoms with Crippen molar-refractivity contribution in [2.45, 2.75) is 19.4 Å². The predicted octanol–water partition coefficient (Wildman–Crippen LogP) is 4.31. The first-order valence-corrected chi connectivity index (χ1v) is 7.30. The van der Waals surface area contributed by atoms with Crippen LogP contribution in [0.4, 0.5) is 0 Å². The summed E-state index contributed by atoms with van der Waals surface area (Å²) in [6.45, 7) is 2.10. The van der Waals surface area contributed by atoms with Gasteiger partial charge in [-0.1, -0.05) is 33.6 Å². The molecule has 0 saturated heterocycles. The van der Waals surface area contributed by atoms with E-state index >= 15 is 0 Å². The molecule has 1 aromatic heterocycles. The van der Waals surface area contributed by atoms with Gasteiger partial charge in [0.05, 0.1) is 5.02 Å². The van der Waals surface area contributed by atoms with Crippen LogP contribution in [0.15, 0.2) is 41.1 Å². The van der Waals surface area contributed by atoms with E-state index in [2.05, 4.69) is 51.4 Å². The lowest BCUT2D eigenvalue weighted by atomic mass is 9.98. The van der Waals surface area contributed by atoms with E-state index in [0.29, 0.717) is 0 Å². The quantitative estimate of drug-likeness (QED) is 0.898. The highest BCUT2D eigenvalue weighted by molar-refractivity contribution is 9.10. The van der Waals surface area contributed by atoms with Crippen LogP contribution in [0.5, 0.6) is 0 Å². The fourth-order valence-corrected chi connectivity index (χ4v) is 2.96. The van der Waals surface area contributed by atoms with Gasteiger partial charge in [-0.25, -0.2) is 0 Å². The molecule has 0 bridgehead atoms. The molecule has 0 amide bonds. The predicted molar refractivity (Wildman–Crippen MR) is 83.6 cm³/mol. The third-order valence-corrected chi connectivity index (χ3v) is 3.89. The van der Waals surface area contributed by atoms with Crippen LogP contribution >= 0.6 is 27.5 Å². The van der Waals surface area contributed by atoms with Crippen molar-refractivity contribution in [1.29, 1.82) is 0 Å². The molecule has 1 N–H and O–H groups in total. The summed E-state index contributed by atoms with van der Waals surface area (Å²) >= 11 is 9.72. The summed E-state index contributed by atoms with van der Waals surface area (Å²) in [5.41, 5.74) is 3.60. The molecule has 1 heterocycles. The molecule has 0 aliphatic heterocycles. The number of hydrogen-bond acceptors (Lipinski definition) is 2. The second-order valence-electron chi connectivity index (χ2n) is 4.57. The lowest BCUT2D eigenvalue weighted by Gasteiger charge is -2.18. The summed E-state index contributed by atoms with van der Waals surface area (Å²) in [6.07, 6.45) is 4.31. The first-order chi connectivity index (χ1) is 9.10. The van der Waals surface area contributed by atoms with Crippen LogP contribution in [0.2, 0.25) is 5.02 Å². The van der Waals surface area contributed by atoms with Crippen LogP contribution < -0.4 is 5.32 Å². The number of halogens is 2. The average molecular weight is 340 g/mol. The third-order valence-electron chi connectivity index (χ3n) is 3.10. The van der Waals surface area contributed by atoms with Crippen LogP contribution in [-0.4, -0.2) is 12.0 Å². The van der Waals surface area contributed by atoms with E-state index in [1.54, 1.807) is 12.4 Å². The maximum atomic E-state index is 6.18. The lowest BCUT2D eigenvalue weighted by molar-refractivity contribution is 0.591. The number of aryl methyl sites for hydroxylation is 1. The number of nitrogens with zero attached hydrogens (tertiary/aromatic N) is 1. The largest absolute Gasteiger partial charge is 0.313 e. The molecule has 2 rings (SSSR count). The van der Waals surface area contributed by atoms with Gasteiger partial charge in [-0.3, -0.25) is 4.98 Å². The van der Waals surface area contributed by atoms with Gasteiger partial charge in [0.1, 0.15) is 0 Å². The number of rotatable bonds is 4. The zero-order chi connectivity index (χ0) is 13.8. The van der Waals surface area contributed by atoms with E-state index in [-0.39, 0.29) is 6.04 Å². The number of benzene rings is 1. The maximum Gasteiger partial charge on any atom is 0.0622 e. The summed E-state index contributed by atoms with van der Waals surface area (Å²) in [6, 6.07) is 8.65. The molecule has 4 heteroatoms. The molecular formula is C15H16BrClN2. The molecule has 2 nitrogen and oxygen atoms in total. The first-order valence-electron chi connectivity index (χ1n) is 6.13. The van der Waals surface area contributed by atoms with Crippen LogP contribution in [-0.2, 0) is 6.42 Å². The Morgan fingerprint density at radius 2 is 2.16 bits per heavy atom. The minimum absolute atomic E-state index is 0.232. The van der Waals surface area contributed by atoms with Gasteiger partial charge in [0.15, 0.2) is 0 Å². The SMILES string of the molecule is CNC(Cc1ccncc1Cl)c1cc(C)cc(Br)c1. The highest BCUT2D eigenvalue weighted by Crippen LogP contribution is 2.25. The van der Waals surface area contributed by atoms with E-state index in [1.165, 1.54) is 11.1 Å². The van der Waals surface area contributed by atoms with Crippen molar-refractivity contribution in [1.82, 2.24) is 10.3 Å². The standard InChI is InChI=1S/C15H16BrClN2/c1-10-5-12(7-13(16)6-10)15(18-2)8-11-3-4-19-9-14(11)17/h3-7,9,15,18H,8H2,1-2H3. The topological polar surface area (TPSA) is 24.9 Å². The molecule has 0 aliphatic carbocycles. The van der Waals surface area contributed by atoms with Crippen molar-refractivity contribution in [3.05, 3.63) is 62.8 Å². The van der Waals surface area contributed by atoms with E-state index < -0.39 is 0 Å². The highest BCUT2D eigenvalue weighted by atomic mass is 79.9. The fourth-order valence-electron chi connectivity index (χ4n) is 2.14. The smallest absolute Gasteiger partial charge is 0.0622 e. The molecule has 0 aliphatic rings. The van der Waals surface area contributed by atoms with Gasteiger partial charge >= 0.3 is 0 Å². The zero-order valence-electron chi connectivity index (χ0n) is 11.0. The van der Waals surface area contributed by atoms with Crippen LogP contribution in [0, 0.1) is 6.92 Å². The average Bonchev–Trinajstić information content (AvgIpc) is 2.36. The summed E-state index contributed by atoms with van der Waals surface area (Å²) in [7, 11) is 1.97. The Bertz CT molecular complexity index is 552. The summed E-state index contributed by atoms with van der Waals surface area (Å²) in [5.74, 6) is 0. The molecule has 1 unspecified atom stereocenters. The number of hydrogen-bond donors (Lipinski definition) is 1. The van der Waals surface area contributed by atoms with Gasteiger partial charge in [-0.15, -0.1) is 0 Å². The van der Waals surface area contributed by atoms with E-state index in [0.717, 1.165) is 21.5 Å². The Labute approximate surface area is 127 Å². The third kappa shape index (κ3) is 3.78. The van der Waals surface area contributed by atoms with Crippen molar-refractivity contribution >= 4 is 27.5 Å². The van der Waals surface area contributed by atoms with Gasteiger partial charge in [-0.2, -0.15) is 0 Å². The van der Waals surface area contributed by atoms with Gasteiger partial charge < -0.3 is 5.32 Å². The molecule has 0 radical (unpaired) electrons. The van der Waals surface area contributed by atoms with Crippen LogP contribution in [0.3, 0.4) is 0 Å². The summed E-state index contributed by atoms with van der Waals surface area (Å²) < 4.78 is 1.10. The molecule has 0 fully saturated rings. The van der Waals surface area contributed by atoms with E-state index in [4.69, 9.17) is 11.6 Å². The van der Waals surface area contributed by atoms with Crippen molar-refractivity contribution in [3.63, 3.8) is 0 Å². The Morgan fingerprint density at radius 1 is 1.37 bits per heavy atom. The minimum atomic E-state index is 0.232. The number of aromatic nitrogens is 1. The van der Waals surface area contributed by atoms with Crippen LogP contribution in [0.1, 0.15) is 22.7 Å². The van der Waals surface area contributed by atoms with Crippen molar-refractivity contribution < 1.29 is 0 Å². The van der Waals surface area contributed by atoms with Gasteiger partial charge in [-0.05, 0) is 55.3 Å². The number of pyridine rings is 1. The van der Waals surface area contributed by atoms with Crippen LogP contribution in [0.25, 0.3) is 0 Å². The second kappa shape index (κ2) is 6.51. The zero-order valence-corrected chi connectivity index (χ0v) is 13.3. The summed E-state index contributed by atoms with van der Waals surface area (Å²) in [4.78, 5) is 4.02. The Morgan fingerprint density at radius 3 is 2.79 bits per heavy atom. The van der Waals surface area contributed by atoms with Gasteiger partial charge in [0, 0.05) is 22.9 Å². The normalized spacial score (nSPS) is 12.4. The number of likely N-dealkylation sites (N-methyl/N-ethyl adjacent to an activating group) is 1. The molecule has 0 saturated carbocycles. The molecule has 1 atom stereocenters. The molecule has 0 spiro atoms. The van der Waals surface area contributed by atoms with Gasteiger partial charge in [0.25, 0.3) is 0 Å². The van der Waals surface area contributed by atoms with Gasteiger partial charge in [0.2, 0.25) is 0 Å². The Kier molecular flexibility index (Phi) is 4.97. The maximum absolute atomic E-state index is 6.18. The molecule has 19 heavy (non-hydrogen) atoms. The Balaban J connectivity index is 2.28. The minimum Gasteiger partial charge on any atom is -0.313 e. The Hall–Kier alpha value is -0.900.